The van der Waals surface area contributed by atoms with Gasteiger partial charge in [-0.15, -0.1) is 11.3 Å². The summed E-state index contributed by atoms with van der Waals surface area (Å²) in [6.07, 6.45) is 5.12. The molecule has 0 saturated carbocycles. The van der Waals surface area contributed by atoms with E-state index in [2.05, 4.69) is 17.2 Å². The Hall–Kier alpha value is -0.260. The number of hydrogen-bond donors (Lipinski definition) is 1. The average Bonchev–Trinajstić information content (AvgIpc) is 2.76. The van der Waals surface area contributed by atoms with E-state index in [4.69, 9.17) is 0 Å². The van der Waals surface area contributed by atoms with Crippen molar-refractivity contribution in [1.82, 2.24) is 10.3 Å². The standard InChI is InChI=1S/C11H18N2OS2/c1-2-10-7-13-11(15-10)8-12-9-3-5-16(14)6-4-9/h7,9,12H,2-6,8H2,1H3. The topological polar surface area (TPSA) is 42.0 Å². The first-order valence-electron chi connectivity index (χ1n) is 5.80. The van der Waals surface area contributed by atoms with Crippen LogP contribution in [0.15, 0.2) is 6.20 Å². The summed E-state index contributed by atoms with van der Waals surface area (Å²) in [5.74, 6) is 1.71. The van der Waals surface area contributed by atoms with Gasteiger partial charge in [-0.05, 0) is 19.3 Å². The van der Waals surface area contributed by atoms with Gasteiger partial charge in [0.1, 0.15) is 5.01 Å². The van der Waals surface area contributed by atoms with Crippen molar-refractivity contribution in [3.05, 3.63) is 16.1 Å². The van der Waals surface area contributed by atoms with Gasteiger partial charge in [-0.2, -0.15) is 0 Å². The van der Waals surface area contributed by atoms with Gasteiger partial charge in [0, 0.05) is 46.0 Å². The third kappa shape index (κ3) is 3.37. The van der Waals surface area contributed by atoms with Crippen LogP contribution in [0.25, 0.3) is 0 Å². The van der Waals surface area contributed by atoms with E-state index in [1.54, 1.807) is 11.3 Å². The largest absolute Gasteiger partial charge is 0.308 e. The number of nitrogens with one attached hydrogen (secondary N) is 1. The molecule has 0 bridgehead atoms. The van der Waals surface area contributed by atoms with Crippen LogP contribution in [0, 0.1) is 0 Å². The van der Waals surface area contributed by atoms with Crippen molar-refractivity contribution in [2.24, 2.45) is 0 Å². The number of rotatable bonds is 4. The van der Waals surface area contributed by atoms with Crippen LogP contribution >= 0.6 is 11.3 Å². The molecule has 1 saturated heterocycles. The van der Waals surface area contributed by atoms with Gasteiger partial charge in [0.15, 0.2) is 0 Å². The van der Waals surface area contributed by atoms with Gasteiger partial charge in [0.25, 0.3) is 0 Å². The zero-order chi connectivity index (χ0) is 11.4. The van der Waals surface area contributed by atoms with Crippen LogP contribution in [0.5, 0.6) is 0 Å². The molecule has 1 aromatic rings. The molecule has 2 rings (SSSR count). The summed E-state index contributed by atoms with van der Waals surface area (Å²) < 4.78 is 11.2. The van der Waals surface area contributed by atoms with E-state index in [1.807, 2.05) is 6.20 Å². The van der Waals surface area contributed by atoms with E-state index < -0.39 is 10.8 Å². The third-order valence-electron chi connectivity index (χ3n) is 2.88. The second-order valence-corrected chi connectivity index (χ2v) is 6.97. The first-order chi connectivity index (χ1) is 7.78. The molecule has 1 aliphatic rings. The first-order valence-corrected chi connectivity index (χ1v) is 8.10. The highest BCUT2D eigenvalue weighted by Gasteiger charge is 2.17. The molecular formula is C11H18N2OS2. The Kier molecular flexibility index (Phi) is 4.49. The Morgan fingerprint density at radius 2 is 2.31 bits per heavy atom. The Bertz CT molecular complexity index is 355. The predicted molar refractivity (Wildman–Crippen MR) is 69.2 cm³/mol. The van der Waals surface area contributed by atoms with Crippen molar-refractivity contribution in [2.75, 3.05) is 11.5 Å². The fourth-order valence-corrected chi connectivity index (χ4v) is 3.94. The van der Waals surface area contributed by atoms with Crippen LogP contribution in [-0.4, -0.2) is 26.7 Å². The van der Waals surface area contributed by atoms with E-state index in [-0.39, 0.29) is 0 Å². The van der Waals surface area contributed by atoms with Crippen molar-refractivity contribution in [2.45, 2.75) is 38.8 Å². The summed E-state index contributed by atoms with van der Waals surface area (Å²) in [6.45, 7) is 3.02. The molecule has 0 radical (unpaired) electrons. The number of aryl methyl sites for hydroxylation is 1. The maximum absolute atomic E-state index is 11.2. The summed E-state index contributed by atoms with van der Waals surface area (Å²) >= 11 is 1.79. The van der Waals surface area contributed by atoms with Crippen molar-refractivity contribution >= 4 is 22.1 Å². The Morgan fingerprint density at radius 1 is 1.56 bits per heavy atom. The van der Waals surface area contributed by atoms with Crippen LogP contribution in [0.2, 0.25) is 0 Å². The van der Waals surface area contributed by atoms with Gasteiger partial charge in [0.05, 0.1) is 0 Å². The molecule has 1 aliphatic heterocycles. The molecule has 2 heterocycles. The van der Waals surface area contributed by atoms with Crippen molar-refractivity contribution in [3.8, 4) is 0 Å². The zero-order valence-electron chi connectivity index (χ0n) is 9.57. The summed E-state index contributed by atoms with van der Waals surface area (Å²) in [4.78, 5) is 5.73. The normalized spacial score (nSPS) is 25.8. The highest BCUT2D eigenvalue weighted by molar-refractivity contribution is 7.85. The van der Waals surface area contributed by atoms with E-state index in [1.165, 1.54) is 9.88 Å². The molecule has 0 aliphatic carbocycles. The van der Waals surface area contributed by atoms with Gasteiger partial charge < -0.3 is 5.32 Å². The monoisotopic (exact) mass is 258 g/mol. The third-order valence-corrected chi connectivity index (χ3v) is 5.40. The molecule has 3 nitrogen and oxygen atoms in total. The molecule has 1 fully saturated rings. The predicted octanol–water partition coefficient (Wildman–Crippen LogP) is 1.71. The van der Waals surface area contributed by atoms with Gasteiger partial charge in [0.2, 0.25) is 0 Å². The van der Waals surface area contributed by atoms with Gasteiger partial charge >= 0.3 is 0 Å². The zero-order valence-corrected chi connectivity index (χ0v) is 11.2. The minimum Gasteiger partial charge on any atom is -0.308 e. The molecule has 0 aromatic carbocycles. The lowest BCUT2D eigenvalue weighted by atomic mass is 10.1. The number of hydrogen-bond acceptors (Lipinski definition) is 4. The minimum atomic E-state index is -0.559. The first kappa shape index (κ1) is 12.2. The lowest BCUT2D eigenvalue weighted by molar-refractivity contribution is 0.474. The number of nitrogens with zero attached hydrogens (tertiary/aromatic N) is 1. The van der Waals surface area contributed by atoms with E-state index in [0.29, 0.717) is 6.04 Å². The van der Waals surface area contributed by atoms with Crippen LogP contribution in [-0.2, 0) is 23.8 Å². The Morgan fingerprint density at radius 3 is 2.94 bits per heavy atom. The highest BCUT2D eigenvalue weighted by Crippen LogP contribution is 2.15. The maximum Gasteiger partial charge on any atom is 0.107 e. The van der Waals surface area contributed by atoms with Crippen molar-refractivity contribution < 1.29 is 4.21 Å². The lowest BCUT2D eigenvalue weighted by Gasteiger charge is -2.21. The fraction of sp³-hybridized carbons (Fsp3) is 0.727. The SMILES string of the molecule is CCc1cnc(CNC2CCS(=O)CC2)s1. The molecule has 0 amide bonds. The summed E-state index contributed by atoms with van der Waals surface area (Å²) in [5, 5.41) is 4.68. The molecule has 5 heteroatoms. The van der Waals surface area contributed by atoms with E-state index in [9.17, 15) is 4.21 Å². The molecule has 90 valence electrons. The van der Waals surface area contributed by atoms with Gasteiger partial charge in [-0.1, -0.05) is 6.92 Å². The lowest BCUT2D eigenvalue weighted by Crippen LogP contribution is -2.35. The van der Waals surface area contributed by atoms with Crippen LogP contribution in [0.4, 0.5) is 0 Å². The van der Waals surface area contributed by atoms with Crippen molar-refractivity contribution in [1.29, 1.82) is 0 Å². The van der Waals surface area contributed by atoms with Crippen LogP contribution < -0.4 is 5.32 Å². The minimum absolute atomic E-state index is 0.534. The second-order valence-electron chi connectivity index (χ2n) is 4.08. The number of aromatic nitrogens is 1. The van der Waals surface area contributed by atoms with Gasteiger partial charge in [-0.3, -0.25) is 4.21 Å². The summed E-state index contributed by atoms with van der Waals surface area (Å²) in [6, 6.07) is 0.534. The van der Waals surface area contributed by atoms with Crippen LogP contribution in [0.3, 0.4) is 0 Å². The molecular weight excluding hydrogens is 240 g/mol. The molecule has 16 heavy (non-hydrogen) atoms. The van der Waals surface area contributed by atoms with Gasteiger partial charge in [-0.25, -0.2) is 4.98 Å². The quantitative estimate of drug-likeness (QED) is 0.894. The molecule has 0 atom stereocenters. The van der Waals surface area contributed by atoms with Crippen molar-refractivity contribution in [3.63, 3.8) is 0 Å². The maximum atomic E-state index is 11.2. The average molecular weight is 258 g/mol. The summed E-state index contributed by atoms with van der Waals surface area (Å²) in [5.41, 5.74) is 0. The second kappa shape index (κ2) is 5.89. The Balaban J connectivity index is 1.76. The molecule has 0 unspecified atom stereocenters. The van der Waals surface area contributed by atoms with E-state index in [0.717, 1.165) is 37.3 Å². The molecule has 1 aromatic heterocycles. The molecule has 1 N–H and O–H groups in total. The summed E-state index contributed by atoms with van der Waals surface area (Å²) in [7, 11) is -0.559. The molecule has 0 spiro atoms. The number of thiazole rings is 1. The smallest absolute Gasteiger partial charge is 0.107 e. The van der Waals surface area contributed by atoms with Crippen LogP contribution in [0.1, 0.15) is 29.7 Å². The highest BCUT2D eigenvalue weighted by atomic mass is 32.2. The van der Waals surface area contributed by atoms with E-state index >= 15 is 0 Å². The fourth-order valence-electron chi connectivity index (χ4n) is 1.82. The Labute approximate surface area is 103 Å².